The van der Waals surface area contributed by atoms with Crippen LogP contribution in [0, 0.1) is 0 Å². The third-order valence-electron chi connectivity index (χ3n) is 11.2. The fourth-order valence-corrected chi connectivity index (χ4v) is 8.34. The van der Waals surface area contributed by atoms with Crippen LogP contribution >= 0.6 is 0 Å². The molecule has 0 bridgehead atoms. The molecule has 4 nitrogen and oxygen atoms in total. The lowest BCUT2D eigenvalue weighted by Crippen LogP contribution is -2.01. The van der Waals surface area contributed by atoms with Gasteiger partial charge in [-0.3, -0.25) is 0 Å². The van der Waals surface area contributed by atoms with Crippen LogP contribution in [0.25, 0.3) is 111 Å². The minimum atomic E-state index is 0.629. The molecule has 0 amide bonds. The van der Waals surface area contributed by atoms with E-state index in [0.717, 1.165) is 60.9 Å². The molecule has 2 aromatic heterocycles. The molecule has 0 aliphatic carbocycles. The lowest BCUT2D eigenvalue weighted by atomic mass is 9.91. The zero-order valence-electron chi connectivity index (χ0n) is 32.0. The Morgan fingerprint density at radius 1 is 0.237 bits per heavy atom. The highest BCUT2D eigenvalue weighted by molar-refractivity contribution is 6.12. The maximum absolute atomic E-state index is 6.18. The van der Waals surface area contributed by atoms with E-state index >= 15 is 0 Å². The van der Waals surface area contributed by atoms with Gasteiger partial charge in [0.1, 0.15) is 11.2 Å². The van der Waals surface area contributed by atoms with Gasteiger partial charge in [0.2, 0.25) is 0 Å². The number of nitrogens with zero attached hydrogens (tertiary/aromatic N) is 3. The highest BCUT2D eigenvalue weighted by atomic mass is 16.3. The standard InChI is InChI=1S/C55H35N3O/c1-3-14-36(15-4-1)42-18-7-10-21-48(42)55-57-53(40-16-5-2-6-17-40)56-54(58-55)41-32-30-38(31-33-41)44-35-34-43(46-19-8-9-20-47(44)46)37-26-28-39(29-27-37)45-23-13-25-51-52(45)49-22-11-12-24-50(49)59-51/h1-35H. The van der Waals surface area contributed by atoms with Gasteiger partial charge in [0.05, 0.1) is 0 Å². The van der Waals surface area contributed by atoms with Gasteiger partial charge >= 0.3 is 0 Å². The summed E-state index contributed by atoms with van der Waals surface area (Å²) >= 11 is 0. The van der Waals surface area contributed by atoms with Crippen LogP contribution in [0.15, 0.2) is 217 Å². The highest BCUT2D eigenvalue weighted by Crippen LogP contribution is 2.40. The fraction of sp³-hybridized carbons (Fsp3) is 0. The van der Waals surface area contributed by atoms with E-state index in [1.54, 1.807) is 0 Å². The van der Waals surface area contributed by atoms with Gasteiger partial charge in [-0.1, -0.05) is 200 Å². The van der Waals surface area contributed by atoms with Crippen molar-refractivity contribution in [2.45, 2.75) is 0 Å². The van der Waals surface area contributed by atoms with Gasteiger partial charge in [-0.05, 0) is 67.4 Å². The lowest BCUT2D eigenvalue weighted by molar-refractivity contribution is 0.669. The molecule has 2 heterocycles. The Kier molecular flexibility index (Phi) is 8.45. The maximum Gasteiger partial charge on any atom is 0.164 e. The molecule has 0 fully saturated rings. The normalized spacial score (nSPS) is 11.4. The molecular formula is C55H35N3O. The summed E-state index contributed by atoms with van der Waals surface area (Å²) in [7, 11) is 0. The van der Waals surface area contributed by atoms with Crippen LogP contribution in [-0.2, 0) is 0 Å². The predicted molar refractivity (Wildman–Crippen MR) is 243 cm³/mol. The Bertz CT molecular complexity index is 3300. The molecule has 4 heteroatoms. The second-order valence-electron chi connectivity index (χ2n) is 14.7. The topological polar surface area (TPSA) is 51.8 Å². The average Bonchev–Trinajstić information content (AvgIpc) is 3.71. The maximum atomic E-state index is 6.18. The van der Waals surface area contributed by atoms with Crippen LogP contribution in [0.4, 0.5) is 0 Å². The van der Waals surface area contributed by atoms with E-state index in [4.69, 9.17) is 19.4 Å². The zero-order valence-corrected chi connectivity index (χ0v) is 32.0. The quantitative estimate of drug-likeness (QED) is 0.163. The van der Waals surface area contributed by atoms with Gasteiger partial charge in [-0.2, -0.15) is 0 Å². The largest absolute Gasteiger partial charge is 0.456 e. The summed E-state index contributed by atoms with van der Waals surface area (Å²) in [5.41, 5.74) is 13.8. The number of hydrogen-bond acceptors (Lipinski definition) is 4. The van der Waals surface area contributed by atoms with Crippen LogP contribution in [0.5, 0.6) is 0 Å². The summed E-state index contributed by atoms with van der Waals surface area (Å²) in [6, 6.07) is 74.1. The van der Waals surface area contributed by atoms with Gasteiger partial charge < -0.3 is 4.42 Å². The number of furan rings is 1. The number of benzene rings is 9. The first-order chi connectivity index (χ1) is 29.2. The van der Waals surface area contributed by atoms with Gasteiger partial charge in [0.15, 0.2) is 17.5 Å². The molecule has 0 radical (unpaired) electrons. The predicted octanol–water partition coefficient (Wildman–Crippen LogP) is 14.6. The molecule has 0 N–H and O–H groups in total. The third kappa shape index (κ3) is 6.24. The second kappa shape index (κ2) is 14.5. The van der Waals surface area contributed by atoms with Crippen LogP contribution in [0.3, 0.4) is 0 Å². The molecule has 0 spiro atoms. The van der Waals surface area contributed by atoms with Gasteiger partial charge in [0, 0.05) is 27.5 Å². The van der Waals surface area contributed by atoms with Crippen molar-refractivity contribution in [3.8, 4) is 78.7 Å². The van der Waals surface area contributed by atoms with Crippen molar-refractivity contribution < 1.29 is 4.42 Å². The van der Waals surface area contributed by atoms with Crippen LogP contribution in [-0.4, -0.2) is 15.0 Å². The molecular weight excluding hydrogens is 719 g/mol. The lowest BCUT2D eigenvalue weighted by Gasteiger charge is -2.14. The monoisotopic (exact) mass is 753 g/mol. The summed E-state index contributed by atoms with van der Waals surface area (Å²) in [5.74, 6) is 1.90. The number of aromatic nitrogens is 3. The van der Waals surface area contributed by atoms with E-state index in [1.165, 1.54) is 33.0 Å². The Morgan fingerprint density at radius 2 is 0.644 bits per heavy atom. The molecule has 9 aromatic carbocycles. The van der Waals surface area contributed by atoms with Crippen molar-refractivity contribution in [2.24, 2.45) is 0 Å². The summed E-state index contributed by atoms with van der Waals surface area (Å²) in [4.78, 5) is 15.2. The Hall–Kier alpha value is -7.95. The third-order valence-corrected chi connectivity index (χ3v) is 11.2. The number of fused-ring (bicyclic) bond motifs is 4. The summed E-state index contributed by atoms with van der Waals surface area (Å²) < 4.78 is 6.18. The van der Waals surface area contributed by atoms with Crippen molar-refractivity contribution in [3.63, 3.8) is 0 Å². The van der Waals surface area contributed by atoms with E-state index < -0.39 is 0 Å². The van der Waals surface area contributed by atoms with Crippen molar-refractivity contribution in [1.82, 2.24) is 15.0 Å². The molecule has 0 atom stereocenters. The number of hydrogen-bond donors (Lipinski definition) is 0. The van der Waals surface area contributed by atoms with Crippen molar-refractivity contribution in [2.75, 3.05) is 0 Å². The molecule has 0 saturated carbocycles. The van der Waals surface area contributed by atoms with Crippen LogP contribution in [0.1, 0.15) is 0 Å². The highest BCUT2D eigenvalue weighted by Gasteiger charge is 2.17. The van der Waals surface area contributed by atoms with E-state index in [9.17, 15) is 0 Å². The molecule has 0 aliphatic rings. The molecule has 11 aromatic rings. The molecule has 11 rings (SSSR count). The van der Waals surface area contributed by atoms with E-state index in [1.807, 2.05) is 60.7 Å². The molecule has 0 saturated heterocycles. The first-order valence-corrected chi connectivity index (χ1v) is 19.9. The Morgan fingerprint density at radius 3 is 1.27 bits per heavy atom. The first-order valence-electron chi connectivity index (χ1n) is 19.9. The fourth-order valence-electron chi connectivity index (χ4n) is 8.34. The van der Waals surface area contributed by atoms with Gasteiger partial charge in [0.25, 0.3) is 0 Å². The van der Waals surface area contributed by atoms with E-state index in [2.05, 4.69) is 152 Å². The minimum Gasteiger partial charge on any atom is -0.456 e. The van der Waals surface area contributed by atoms with Crippen molar-refractivity contribution >= 4 is 32.7 Å². The van der Waals surface area contributed by atoms with Crippen molar-refractivity contribution in [3.05, 3.63) is 212 Å². The molecule has 59 heavy (non-hydrogen) atoms. The van der Waals surface area contributed by atoms with Crippen molar-refractivity contribution in [1.29, 1.82) is 0 Å². The van der Waals surface area contributed by atoms with Gasteiger partial charge in [-0.15, -0.1) is 0 Å². The Labute approximate surface area is 341 Å². The second-order valence-corrected chi connectivity index (χ2v) is 14.7. The smallest absolute Gasteiger partial charge is 0.164 e. The van der Waals surface area contributed by atoms with E-state index in [-0.39, 0.29) is 0 Å². The summed E-state index contributed by atoms with van der Waals surface area (Å²) in [6.45, 7) is 0. The average molecular weight is 754 g/mol. The summed E-state index contributed by atoms with van der Waals surface area (Å²) in [6.07, 6.45) is 0. The van der Waals surface area contributed by atoms with Crippen LogP contribution < -0.4 is 0 Å². The number of rotatable bonds is 7. The van der Waals surface area contributed by atoms with Gasteiger partial charge in [-0.25, -0.2) is 15.0 Å². The first kappa shape index (κ1) is 34.3. The molecule has 0 aliphatic heterocycles. The zero-order chi connectivity index (χ0) is 39.1. The summed E-state index contributed by atoms with van der Waals surface area (Å²) in [5, 5.41) is 4.69. The number of para-hydroxylation sites is 1. The SMILES string of the molecule is c1ccc(-c2nc(-c3ccc(-c4ccc(-c5ccc(-c6cccc7oc8ccccc8c67)cc5)c5ccccc45)cc3)nc(-c3ccccc3-c3ccccc3)n2)cc1. The Balaban J connectivity index is 0.951. The van der Waals surface area contributed by atoms with E-state index in [0.29, 0.717) is 17.5 Å². The minimum absolute atomic E-state index is 0.629. The van der Waals surface area contributed by atoms with Crippen LogP contribution in [0.2, 0.25) is 0 Å². The molecule has 0 unspecified atom stereocenters. The molecule has 276 valence electrons.